The van der Waals surface area contributed by atoms with Gasteiger partial charge in [0.25, 0.3) is 0 Å². The third-order valence-electron chi connectivity index (χ3n) is 2.49. The number of carbonyl (C=O) groups excluding carboxylic acids is 1. The number of halogens is 3. The van der Waals surface area contributed by atoms with Crippen LogP contribution in [0.4, 0.5) is 18.9 Å². The van der Waals surface area contributed by atoms with Crippen LogP contribution in [0.2, 0.25) is 0 Å². The van der Waals surface area contributed by atoms with Crippen LogP contribution >= 0.6 is 0 Å². The molecular weight excluding hydrogens is 261 g/mol. The van der Waals surface area contributed by atoms with Gasteiger partial charge >= 0.3 is 6.18 Å². The summed E-state index contributed by atoms with van der Waals surface area (Å²) in [5, 5.41) is 12.1. The lowest BCUT2D eigenvalue weighted by Crippen LogP contribution is -2.14. The summed E-state index contributed by atoms with van der Waals surface area (Å²) in [5.41, 5.74) is 4.56. The molecule has 19 heavy (non-hydrogen) atoms. The van der Waals surface area contributed by atoms with Crippen molar-refractivity contribution < 1.29 is 23.1 Å². The lowest BCUT2D eigenvalue weighted by Gasteiger charge is -2.17. The highest BCUT2D eigenvalue weighted by Crippen LogP contribution is 2.34. The molecule has 0 fully saturated rings. The Morgan fingerprint density at radius 1 is 1.47 bits per heavy atom. The molecule has 0 heterocycles. The van der Waals surface area contributed by atoms with Crippen LogP contribution in [0.15, 0.2) is 18.2 Å². The highest BCUT2D eigenvalue weighted by molar-refractivity contribution is 5.89. The summed E-state index contributed by atoms with van der Waals surface area (Å²) in [5.74, 6) is -0.513. The van der Waals surface area contributed by atoms with E-state index in [0.717, 1.165) is 18.2 Å². The predicted octanol–water partition coefficient (Wildman–Crippen LogP) is 2.05. The number of benzene rings is 1. The van der Waals surface area contributed by atoms with Gasteiger partial charge in [-0.25, -0.2) is 0 Å². The molecule has 0 bridgehead atoms. The number of amides is 1. The first-order valence-electron chi connectivity index (χ1n) is 5.62. The van der Waals surface area contributed by atoms with Crippen molar-refractivity contribution in [1.82, 2.24) is 0 Å². The van der Waals surface area contributed by atoms with Crippen molar-refractivity contribution in [3.05, 3.63) is 29.3 Å². The molecule has 0 aliphatic heterocycles. The molecule has 0 aromatic heterocycles. The number of alkyl halides is 3. The van der Waals surface area contributed by atoms with Gasteiger partial charge in [0.2, 0.25) is 5.91 Å². The van der Waals surface area contributed by atoms with Crippen molar-refractivity contribution in [1.29, 1.82) is 0 Å². The Morgan fingerprint density at radius 3 is 2.58 bits per heavy atom. The van der Waals surface area contributed by atoms with Gasteiger partial charge in [-0.2, -0.15) is 13.2 Å². The van der Waals surface area contributed by atoms with Gasteiger partial charge < -0.3 is 16.2 Å². The third-order valence-corrected chi connectivity index (χ3v) is 2.49. The number of aliphatic hydroxyl groups is 1. The molecule has 1 amide bonds. The smallest absolute Gasteiger partial charge is 0.388 e. The van der Waals surface area contributed by atoms with Gasteiger partial charge in [-0.3, -0.25) is 4.79 Å². The third kappa shape index (κ3) is 4.22. The number of aliphatic hydroxyl groups excluding tert-OH is 1. The summed E-state index contributed by atoms with van der Waals surface area (Å²) in [4.78, 5) is 11.0. The highest BCUT2D eigenvalue weighted by atomic mass is 19.4. The molecule has 1 unspecified atom stereocenters. The van der Waals surface area contributed by atoms with E-state index >= 15 is 0 Å². The van der Waals surface area contributed by atoms with Crippen LogP contribution in [0, 0.1) is 0 Å². The average molecular weight is 276 g/mol. The molecule has 4 N–H and O–H groups in total. The summed E-state index contributed by atoms with van der Waals surface area (Å²) >= 11 is 0. The van der Waals surface area contributed by atoms with Crippen LogP contribution in [0.25, 0.3) is 0 Å². The molecule has 1 rings (SSSR count). The van der Waals surface area contributed by atoms with Gasteiger partial charge in [0.15, 0.2) is 0 Å². The second kappa shape index (κ2) is 6.03. The second-order valence-corrected chi connectivity index (χ2v) is 4.07. The Balaban J connectivity index is 3.20. The first kappa shape index (κ1) is 15.5. The Bertz CT molecular complexity index is 461. The van der Waals surface area contributed by atoms with Gasteiger partial charge in [0.05, 0.1) is 11.7 Å². The largest absolute Gasteiger partial charge is 0.416 e. The molecule has 0 saturated carbocycles. The maximum atomic E-state index is 12.6. The molecule has 106 valence electrons. The molecule has 1 aromatic carbocycles. The number of carbonyl (C=O) groups is 1. The number of hydrogen-bond donors (Lipinski definition) is 3. The average Bonchev–Trinajstić information content (AvgIpc) is 2.27. The standard InChI is InChI=1S/C12H15F3N2O2/c1-7(18)17-10-6-8(12(13,14)15)2-3-9(10)11(19)4-5-16/h2-3,6,11,19H,4-5,16H2,1H3,(H,17,18). The van der Waals surface area contributed by atoms with E-state index in [4.69, 9.17) is 5.73 Å². The minimum Gasteiger partial charge on any atom is -0.388 e. The second-order valence-electron chi connectivity index (χ2n) is 4.07. The minimum atomic E-state index is -4.51. The van der Waals surface area contributed by atoms with Gasteiger partial charge in [-0.05, 0) is 25.1 Å². The summed E-state index contributed by atoms with van der Waals surface area (Å²) in [6, 6.07) is 2.81. The zero-order chi connectivity index (χ0) is 14.6. The number of nitrogens with one attached hydrogen (secondary N) is 1. The van der Waals surface area contributed by atoms with Gasteiger partial charge in [0.1, 0.15) is 0 Å². The molecular formula is C12H15F3N2O2. The summed E-state index contributed by atoms with van der Waals surface area (Å²) in [7, 11) is 0. The van der Waals surface area contributed by atoms with Crippen LogP contribution in [-0.2, 0) is 11.0 Å². The van der Waals surface area contributed by atoms with Crippen molar-refractivity contribution in [2.75, 3.05) is 11.9 Å². The fourth-order valence-electron chi connectivity index (χ4n) is 1.63. The maximum Gasteiger partial charge on any atom is 0.416 e. The van der Waals surface area contributed by atoms with Crippen molar-refractivity contribution in [2.24, 2.45) is 5.73 Å². The Labute approximate surface area is 108 Å². The minimum absolute atomic E-state index is 0.0525. The molecule has 4 nitrogen and oxygen atoms in total. The van der Waals surface area contributed by atoms with E-state index in [-0.39, 0.29) is 24.2 Å². The van der Waals surface area contributed by atoms with Crippen molar-refractivity contribution >= 4 is 11.6 Å². The number of rotatable bonds is 4. The van der Waals surface area contributed by atoms with E-state index in [1.807, 2.05) is 0 Å². The van der Waals surface area contributed by atoms with Crippen LogP contribution in [-0.4, -0.2) is 17.6 Å². The molecule has 1 aromatic rings. The normalized spacial score (nSPS) is 13.2. The molecule has 0 radical (unpaired) electrons. The van der Waals surface area contributed by atoms with E-state index in [1.165, 1.54) is 6.92 Å². The number of hydrogen-bond acceptors (Lipinski definition) is 3. The monoisotopic (exact) mass is 276 g/mol. The first-order chi connectivity index (χ1) is 8.75. The van der Waals surface area contributed by atoms with Gasteiger partial charge in [0, 0.05) is 18.2 Å². The maximum absolute atomic E-state index is 12.6. The lowest BCUT2D eigenvalue weighted by atomic mass is 10.0. The van der Waals surface area contributed by atoms with E-state index in [0.29, 0.717) is 0 Å². The van der Waals surface area contributed by atoms with Crippen molar-refractivity contribution in [2.45, 2.75) is 25.6 Å². The Hall–Kier alpha value is -1.60. The molecule has 1 atom stereocenters. The topological polar surface area (TPSA) is 75.3 Å². The van der Waals surface area contributed by atoms with E-state index in [1.54, 1.807) is 0 Å². The van der Waals surface area contributed by atoms with Gasteiger partial charge in [-0.15, -0.1) is 0 Å². The van der Waals surface area contributed by atoms with Crippen LogP contribution in [0.3, 0.4) is 0 Å². The quantitative estimate of drug-likeness (QED) is 0.787. The SMILES string of the molecule is CC(=O)Nc1cc(C(F)(F)F)ccc1C(O)CCN. The van der Waals surface area contributed by atoms with Crippen molar-refractivity contribution in [3.63, 3.8) is 0 Å². The Morgan fingerprint density at radius 2 is 2.11 bits per heavy atom. The zero-order valence-electron chi connectivity index (χ0n) is 10.3. The summed E-state index contributed by atoms with van der Waals surface area (Å²) in [6.07, 6.45) is -5.34. The molecule has 0 spiro atoms. The summed E-state index contributed by atoms with van der Waals surface area (Å²) < 4.78 is 37.8. The van der Waals surface area contributed by atoms with Crippen molar-refractivity contribution in [3.8, 4) is 0 Å². The van der Waals surface area contributed by atoms with Crippen LogP contribution in [0.1, 0.15) is 30.6 Å². The van der Waals surface area contributed by atoms with Crippen LogP contribution in [0.5, 0.6) is 0 Å². The molecule has 0 saturated heterocycles. The zero-order valence-corrected chi connectivity index (χ0v) is 10.3. The van der Waals surface area contributed by atoms with Crippen LogP contribution < -0.4 is 11.1 Å². The van der Waals surface area contributed by atoms with E-state index in [9.17, 15) is 23.1 Å². The highest BCUT2D eigenvalue weighted by Gasteiger charge is 2.31. The van der Waals surface area contributed by atoms with E-state index < -0.39 is 23.8 Å². The number of nitrogens with two attached hydrogens (primary N) is 1. The Kier molecular flexibility index (Phi) is 4.90. The number of anilines is 1. The molecule has 0 aliphatic rings. The molecule has 7 heteroatoms. The predicted molar refractivity (Wildman–Crippen MR) is 64.4 cm³/mol. The van der Waals surface area contributed by atoms with E-state index in [2.05, 4.69) is 5.32 Å². The first-order valence-corrected chi connectivity index (χ1v) is 5.62. The van der Waals surface area contributed by atoms with Gasteiger partial charge in [-0.1, -0.05) is 6.07 Å². The fourth-order valence-corrected chi connectivity index (χ4v) is 1.63. The fraction of sp³-hybridized carbons (Fsp3) is 0.417. The lowest BCUT2D eigenvalue weighted by molar-refractivity contribution is -0.137. The molecule has 0 aliphatic carbocycles. The summed E-state index contributed by atoms with van der Waals surface area (Å²) in [6.45, 7) is 1.36.